The summed E-state index contributed by atoms with van der Waals surface area (Å²) < 4.78 is 0. The Morgan fingerprint density at radius 1 is 1.18 bits per heavy atom. The van der Waals surface area contributed by atoms with Gasteiger partial charge in [-0.1, -0.05) is 13.8 Å². The lowest BCUT2D eigenvalue weighted by molar-refractivity contribution is 0.834. The fourth-order valence-electron chi connectivity index (χ4n) is 1.55. The lowest BCUT2D eigenvalue weighted by atomic mass is 10.1. The molecule has 92 valence electrons. The average molecular weight is 267 g/mol. The first-order valence-electron chi connectivity index (χ1n) is 5.73. The number of hydrogen-bond acceptors (Lipinski definition) is 5. The van der Waals surface area contributed by atoms with Gasteiger partial charge in [0.1, 0.15) is 0 Å². The molecule has 0 spiro atoms. The number of rotatable bonds is 4. The van der Waals surface area contributed by atoms with E-state index in [4.69, 9.17) is 0 Å². The summed E-state index contributed by atoms with van der Waals surface area (Å²) in [5, 5.41) is 6.41. The molecule has 0 amide bonds. The molecular formula is C12H17N3S2. The van der Waals surface area contributed by atoms with Crippen molar-refractivity contribution in [3.05, 3.63) is 16.6 Å². The van der Waals surface area contributed by atoms with Crippen molar-refractivity contribution in [2.45, 2.75) is 39.7 Å². The standard InChI is InChI=1S/C12H17N3S2/c1-7(2)10-11(17-6-13-10)9-5-16-12(15-9)14-8(3)4/h5-8H,1-4H3,(H,14,15). The zero-order chi connectivity index (χ0) is 12.4. The number of nitrogens with zero attached hydrogens (tertiary/aromatic N) is 2. The minimum atomic E-state index is 0.417. The molecule has 2 aromatic heterocycles. The molecule has 2 heterocycles. The van der Waals surface area contributed by atoms with E-state index in [0.29, 0.717) is 12.0 Å². The van der Waals surface area contributed by atoms with E-state index in [-0.39, 0.29) is 0 Å². The maximum absolute atomic E-state index is 4.61. The van der Waals surface area contributed by atoms with Crippen LogP contribution in [0.15, 0.2) is 10.9 Å². The number of thiazole rings is 2. The third kappa shape index (κ3) is 2.84. The van der Waals surface area contributed by atoms with Crippen molar-refractivity contribution < 1.29 is 0 Å². The third-order valence-corrected chi connectivity index (χ3v) is 3.93. The molecule has 0 aromatic carbocycles. The number of anilines is 1. The van der Waals surface area contributed by atoms with Crippen LogP contribution >= 0.6 is 22.7 Å². The molecule has 2 aromatic rings. The molecule has 0 aliphatic heterocycles. The van der Waals surface area contributed by atoms with Gasteiger partial charge in [-0.25, -0.2) is 9.97 Å². The van der Waals surface area contributed by atoms with Crippen molar-refractivity contribution in [1.29, 1.82) is 0 Å². The Bertz CT molecular complexity index is 485. The quantitative estimate of drug-likeness (QED) is 0.901. The lowest BCUT2D eigenvalue weighted by Crippen LogP contribution is -2.08. The molecule has 0 radical (unpaired) electrons. The largest absolute Gasteiger partial charge is 0.359 e. The molecule has 0 aliphatic carbocycles. The van der Waals surface area contributed by atoms with Crippen LogP contribution in [-0.4, -0.2) is 16.0 Å². The van der Waals surface area contributed by atoms with Gasteiger partial charge in [-0.05, 0) is 19.8 Å². The Labute approximate surface area is 110 Å². The fourth-order valence-corrected chi connectivity index (χ4v) is 3.38. The summed E-state index contributed by atoms with van der Waals surface area (Å²) in [6, 6.07) is 0.417. The molecule has 17 heavy (non-hydrogen) atoms. The fraction of sp³-hybridized carbons (Fsp3) is 0.500. The minimum Gasteiger partial charge on any atom is -0.359 e. The smallest absolute Gasteiger partial charge is 0.183 e. The van der Waals surface area contributed by atoms with Crippen LogP contribution in [0.2, 0.25) is 0 Å². The molecule has 0 bridgehead atoms. The first kappa shape index (κ1) is 12.5. The zero-order valence-electron chi connectivity index (χ0n) is 10.5. The second-order valence-electron chi connectivity index (χ2n) is 4.56. The highest BCUT2D eigenvalue weighted by Crippen LogP contribution is 2.33. The highest BCUT2D eigenvalue weighted by atomic mass is 32.1. The summed E-state index contributed by atoms with van der Waals surface area (Å²) in [5.74, 6) is 0.444. The first-order valence-corrected chi connectivity index (χ1v) is 7.49. The van der Waals surface area contributed by atoms with Crippen LogP contribution in [0.5, 0.6) is 0 Å². The second-order valence-corrected chi connectivity index (χ2v) is 6.27. The Morgan fingerprint density at radius 2 is 1.94 bits per heavy atom. The minimum absolute atomic E-state index is 0.417. The van der Waals surface area contributed by atoms with Crippen LogP contribution in [0.4, 0.5) is 5.13 Å². The zero-order valence-corrected chi connectivity index (χ0v) is 12.2. The molecule has 0 fully saturated rings. The van der Waals surface area contributed by atoms with Gasteiger partial charge in [0, 0.05) is 11.4 Å². The van der Waals surface area contributed by atoms with Gasteiger partial charge in [0.05, 0.1) is 21.8 Å². The monoisotopic (exact) mass is 267 g/mol. The molecule has 0 saturated carbocycles. The predicted octanol–water partition coefficient (Wildman–Crippen LogP) is 4.21. The topological polar surface area (TPSA) is 37.8 Å². The van der Waals surface area contributed by atoms with E-state index in [1.54, 1.807) is 22.7 Å². The van der Waals surface area contributed by atoms with Gasteiger partial charge in [0.2, 0.25) is 0 Å². The van der Waals surface area contributed by atoms with Crippen LogP contribution in [0.25, 0.3) is 10.6 Å². The number of aromatic nitrogens is 2. The van der Waals surface area contributed by atoms with Crippen LogP contribution in [0.3, 0.4) is 0 Å². The van der Waals surface area contributed by atoms with Crippen molar-refractivity contribution in [3.8, 4) is 10.6 Å². The molecule has 3 nitrogen and oxygen atoms in total. The second kappa shape index (κ2) is 5.14. The Morgan fingerprint density at radius 3 is 2.59 bits per heavy atom. The first-order chi connectivity index (χ1) is 8.08. The van der Waals surface area contributed by atoms with Gasteiger partial charge in [-0.2, -0.15) is 0 Å². The summed E-state index contributed by atoms with van der Waals surface area (Å²) in [6.45, 7) is 8.57. The summed E-state index contributed by atoms with van der Waals surface area (Å²) in [4.78, 5) is 10.2. The van der Waals surface area contributed by atoms with E-state index in [1.165, 1.54) is 4.88 Å². The SMILES string of the molecule is CC(C)Nc1nc(-c2scnc2C(C)C)cs1. The van der Waals surface area contributed by atoms with Crippen LogP contribution in [-0.2, 0) is 0 Å². The molecule has 5 heteroatoms. The van der Waals surface area contributed by atoms with Crippen molar-refractivity contribution in [3.63, 3.8) is 0 Å². The third-order valence-electron chi connectivity index (χ3n) is 2.29. The molecule has 0 aliphatic rings. The normalized spacial score (nSPS) is 11.4. The molecule has 0 saturated heterocycles. The van der Waals surface area contributed by atoms with Gasteiger partial charge in [-0.3, -0.25) is 0 Å². The highest BCUT2D eigenvalue weighted by Gasteiger charge is 2.14. The average Bonchev–Trinajstić information content (AvgIpc) is 2.82. The van der Waals surface area contributed by atoms with E-state index in [0.717, 1.165) is 16.5 Å². The van der Waals surface area contributed by atoms with E-state index in [1.807, 2.05) is 5.51 Å². The van der Waals surface area contributed by atoms with Crippen LogP contribution < -0.4 is 5.32 Å². The summed E-state index contributed by atoms with van der Waals surface area (Å²) >= 11 is 3.32. The Balaban J connectivity index is 2.27. The number of nitrogens with one attached hydrogen (secondary N) is 1. The van der Waals surface area contributed by atoms with Crippen LogP contribution in [0, 0.1) is 0 Å². The van der Waals surface area contributed by atoms with Crippen LogP contribution in [0.1, 0.15) is 39.3 Å². The van der Waals surface area contributed by atoms with Gasteiger partial charge in [-0.15, -0.1) is 22.7 Å². The molecule has 0 atom stereocenters. The Hall–Kier alpha value is -0.940. The van der Waals surface area contributed by atoms with E-state index in [9.17, 15) is 0 Å². The van der Waals surface area contributed by atoms with E-state index in [2.05, 4.69) is 48.4 Å². The molecular weight excluding hydrogens is 250 g/mol. The van der Waals surface area contributed by atoms with Gasteiger partial charge in [0.25, 0.3) is 0 Å². The van der Waals surface area contributed by atoms with Gasteiger partial charge >= 0.3 is 0 Å². The van der Waals surface area contributed by atoms with Crippen molar-refractivity contribution in [2.75, 3.05) is 5.32 Å². The van der Waals surface area contributed by atoms with E-state index >= 15 is 0 Å². The summed E-state index contributed by atoms with van der Waals surface area (Å²) in [6.07, 6.45) is 0. The van der Waals surface area contributed by atoms with Gasteiger partial charge < -0.3 is 5.32 Å². The van der Waals surface area contributed by atoms with Crippen molar-refractivity contribution in [2.24, 2.45) is 0 Å². The summed E-state index contributed by atoms with van der Waals surface area (Å²) in [5.41, 5.74) is 4.10. The lowest BCUT2D eigenvalue weighted by Gasteiger charge is -2.05. The maximum atomic E-state index is 4.61. The highest BCUT2D eigenvalue weighted by molar-refractivity contribution is 7.15. The molecule has 0 unspecified atom stereocenters. The predicted molar refractivity (Wildman–Crippen MR) is 76.1 cm³/mol. The van der Waals surface area contributed by atoms with Crippen molar-refractivity contribution in [1.82, 2.24) is 9.97 Å². The summed E-state index contributed by atoms with van der Waals surface area (Å²) in [7, 11) is 0. The van der Waals surface area contributed by atoms with Crippen molar-refractivity contribution >= 4 is 27.8 Å². The molecule has 2 rings (SSSR count). The number of hydrogen-bond donors (Lipinski definition) is 1. The van der Waals surface area contributed by atoms with E-state index < -0.39 is 0 Å². The molecule has 1 N–H and O–H groups in total. The maximum Gasteiger partial charge on any atom is 0.183 e. The van der Waals surface area contributed by atoms with Gasteiger partial charge in [0.15, 0.2) is 5.13 Å². The Kier molecular flexibility index (Phi) is 3.79.